The topological polar surface area (TPSA) is 103 Å². The standard InChI is InChI=1S/C18H15N3O4S/c1-2-21-16(23)15(9-11-5-3-4-8-19-11)26-18(21)20-14-7-6-12(22)10-13(14)17(24)25/h3-10,22H,2H2,1H3,(H,24,25)/b15-9-,20-18?. The summed E-state index contributed by atoms with van der Waals surface area (Å²) in [6.45, 7) is 2.21. The molecule has 0 aliphatic carbocycles. The molecule has 0 bridgehead atoms. The molecule has 2 N–H and O–H groups in total. The number of aliphatic imine (C=N–C) groups is 1. The van der Waals surface area contributed by atoms with Crippen molar-refractivity contribution in [3.63, 3.8) is 0 Å². The van der Waals surface area contributed by atoms with E-state index in [1.807, 2.05) is 13.0 Å². The van der Waals surface area contributed by atoms with Crippen molar-refractivity contribution >= 4 is 40.6 Å². The van der Waals surface area contributed by atoms with Crippen LogP contribution in [0.4, 0.5) is 5.69 Å². The number of aromatic carboxylic acids is 1. The third-order valence-electron chi connectivity index (χ3n) is 3.60. The smallest absolute Gasteiger partial charge is 0.338 e. The second-order valence-electron chi connectivity index (χ2n) is 5.32. The number of carbonyl (C=O) groups excluding carboxylic acids is 1. The van der Waals surface area contributed by atoms with Crippen LogP contribution in [0.15, 0.2) is 52.5 Å². The zero-order valence-corrected chi connectivity index (χ0v) is 14.6. The van der Waals surface area contributed by atoms with E-state index >= 15 is 0 Å². The first-order valence-corrected chi connectivity index (χ1v) is 8.58. The summed E-state index contributed by atoms with van der Waals surface area (Å²) >= 11 is 1.16. The van der Waals surface area contributed by atoms with E-state index in [0.29, 0.717) is 22.3 Å². The molecule has 1 aliphatic rings. The van der Waals surface area contributed by atoms with E-state index in [0.717, 1.165) is 17.8 Å². The Balaban J connectivity index is 2.00. The minimum Gasteiger partial charge on any atom is -0.508 e. The first-order valence-electron chi connectivity index (χ1n) is 7.77. The van der Waals surface area contributed by atoms with Crippen molar-refractivity contribution in [2.45, 2.75) is 6.92 Å². The number of benzene rings is 1. The zero-order valence-electron chi connectivity index (χ0n) is 13.8. The summed E-state index contributed by atoms with van der Waals surface area (Å²) in [5.41, 5.74) is 0.684. The number of phenolic OH excluding ortho intramolecular Hbond substituents is 1. The number of carboxylic acids is 1. The Morgan fingerprint density at radius 2 is 2.15 bits per heavy atom. The SMILES string of the molecule is CCN1C(=O)/C(=C/c2ccccn2)SC1=Nc1ccc(O)cc1C(=O)O. The maximum Gasteiger partial charge on any atom is 0.338 e. The summed E-state index contributed by atoms with van der Waals surface area (Å²) in [6, 6.07) is 9.29. The maximum absolute atomic E-state index is 12.6. The molecule has 0 saturated carbocycles. The van der Waals surface area contributed by atoms with Gasteiger partial charge in [0, 0.05) is 12.7 Å². The molecule has 1 saturated heterocycles. The zero-order chi connectivity index (χ0) is 18.7. The predicted molar refractivity (Wildman–Crippen MR) is 99.4 cm³/mol. The monoisotopic (exact) mass is 369 g/mol. The summed E-state index contributed by atoms with van der Waals surface area (Å²) in [5.74, 6) is -1.58. The van der Waals surface area contributed by atoms with Crippen LogP contribution in [0.3, 0.4) is 0 Å². The lowest BCUT2D eigenvalue weighted by atomic mass is 10.2. The molecular weight excluding hydrogens is 354 g/mol. The summed E-state index contributed by atoms with van der Waals surface area (Å²) < 4.78 is 0. The molecule has 26 heavy (non-hydrogen) atoms. The van der Waals surface area contributed by atoms with Crippen LogP contribution in [-0.2, 0) is 4.79 Å². The van der Waals surface area contributed by atoms with E-state index in [9.17, 15) is 19.8 Å². The largest absolute Gasteiger partial charge is 0.508 e. The number of likely N-dealkylation sites (N-methyl/N-ethyl adjacent to an activating group) is 1. The summed E-state index contributed by atoms with van der Waals surface area (Å²) in [6.07, 6.45) is 3.31. The van der Waals surface area contributed by atoms with Gasteiger partial charge in [-0.2, -0.15) is 0 Å². The number of amides is 1. The van der Waals surface area contributed by atoms with Crippen molar-refractivity contribution in [1.29, 1.82) is 0 Å². The average molecular weight is 369 g/mol. The molecule has 1 aliphatic heterocycles. The highest BCUT2D eigenvalue weighted by Gasteiger charge is 2.32. The van der Waals surface area contributed by atoms with E-state index in [-0.39, 0.29) is 22.9 Å². The molecule has 0 spiro atoms. The van der Waals surface area contributed by atoms with Crippen LogP contribution in [0.2, 0.25) is 0 Å². The molecule has 1 fully saturated rings. The van der Waals surface area contributed by atoms with Crippen LogP contribution < -0.4 is 0 Å². The lowest BCUT2D eigenvalue weighted by molar-refractivity contribution is -0.122. The number of hydrogen-bond acceptors (Lipinski definition) is 6. The molecule has 2 heterocycles. The minimum absolute atomic E-state index is 0.135. The van der Waals surface area contributed by atoms with Gasteiger partial charge in [-0.3, -0.25) is 14.7 Å². The van der Waals surface area contributed by atoms with Crippen LogP contribution in [-0.4, -0.2) is 43.7 Å². The van der Waals surface area contributed by atoms with Crippen LogP contribution in [0.5, 0.6) is 5.75 Å². The molecule has 8 heteroatoms. The van der Waals surface area contributed by atoms with E-state index in [1.165, 1.54) is 17.0 Å². The fourth-order valence-corrected chi connectivity index (χ4v) is 3.40. The lowest BCUT2D eigenvalue weighted by Crippen LogP contribution is -2.28. The van der Waals surface area contributed by atoms with Gasteiger partial charge in [0.2, 0.25) is 0 Å². The minimum atomic E-state index is -1.21. The van der Waals surface area contributed by atoms with Gasteiger partial charge < -0.3 is 10.2 Å². The van der Waals surface area contributed by atoms with Gasteiger partial charge in [-0.05, 0) is 55.1 Å². The number of amidine groups is 1. The van der Waals surface area contributed by atoms with Gasteiger partial charge in [-0.25, -0.2) is 9.79 Å². The molecule has 0 radical (unpaired) electrons. The Bertz CT molecular complexity index is 925. The number of nitrogens with zero attached hydrogens (tertiary/aromatic N) is 3. The summed E-state index contributed by atoms with van der Waals surface area (Å²) in [5, 5.41) is 19.2. The lowest BCUT2D eigenvalue weighted by Gasteiger charge is -2.12. The highest BCUT2D eigenvalue weighted by atomic mass is 32.2. The second-order valence-corrected chi connectivity index (χ2v) is 6.32. The Hall–Kier alpha value is -3.13. The van der Waals surface area contributed by atoms with Crippen molar-refractivity contribution in [3.8, 4) is 5.75 Å². The van der Waals surface area contributed by atoms with Gasteiger partial charge in [0.05, 0.1) is 21.8 Å². The number of phenols is 1. The molecule has 132 valence electrons. The first kappa shape index (κ1) is 17.7. The molecule has 0 atom stereocenters. The van der Waals surface area contributed by atoms with Crippen molar-refractivity contribution in [1.82, 2.24) is 9.88 Å². The van der Waals surface area contributed by atoms with Gasteiger partial charge in [-0.15, -0.1) is 0 Å². The first-order chi connectivity index (χ1) is 12.5. The maximum atomic E-state index is 12.6. The highest BCUT2D eigenvalue weighted by Crippen LogP contribution is 2.35. The van der Waals surface area contributed by atoms with Crippen molar-refractivity contribution in [2.24, 2.45) is 4.99 Å². The Morgan fingerprint density at radius 1 is 1.35 bits per heavy atom. The fourth-order valence-electron chi connectivity index (χ4n) is 2.36. The van der Waals surface area contributed by atoms with E-state index in [1.54, 1.807) is 24.4 Å². The number of aromatic hydroxyl groups is 1. The van der Waals surface area contributed by atoms with Gasteiger partial charge in [-0.1, -0.05) is 6.07 Å². The molecule has 3 rings (SSSR count). The number of pyridine rings is 1. The Kier molecular flexibility index (Phi) is 5.04. The number of rotatable bonds is 4. The second kappa shape index (κ2) is 7.40. The molecule has 1 aromatic carbocycles. The molecular formula is C18H15N3O4S. The normalized spacial score (nSPS) is 17.3. The van der Waals surface area contributed by atoms with Gasteiger partial charge >= 0.3 is 5.97 Å². The molecule has 1 amide bonds. The Labute approximate surface area is 153 Å². The molecule has 2 aromatic rings. The van der Waals surface area contributed by atoms with Crippen molar-refractivity contribution < 1.29 is 19.8 Å². The van der Waals surface area contributed by atoms with E-state index < -0.39 is 5.97 Å². The molecule has 0 unspecified atom stereocenters. The average Bonchev–Trinajstić information content (AvgIpc) is 2.91. The van der Waals surface area contributed by atoms with E-state index in [2.05, 4.69) is 9.98 Å². The quantitative estimate of drug-likeness (QED) is 0.803. The number of carbonyl (C=O) groups is 2. The Morgan fingerprint density at radius 3 is 2.81 bits per heavy atom. The van der Waals surface area contributed by atoms with Crippen LogP contribution in [0.25, 0.3) is 6.08 Å². The fraction of sp³-hybridized carbons (Fsp3) is 0.111. The van der Waals surface area contributed by atoms with Gasteiger partial charge in [0.15, 0.2) is 5.17 Å². The predicted octanol–water partition coefficient (Wildman–Crippen LogP) is 3.11. The van der Waals surface area contributed by atoms with Gasteiger partial charge in [0.1, 0.15) is 5.75 Å². The van der Waals surface area contributed by atoms with Crippen LogP contribution >= 0.6 is 11.8 Å². The third-order valence-corrected chi connectivity index (χ3v) is 4.60. The number of aromatic nitrogens is 1. The number of carboxylic acid groups (broad SMARTS) is 1. The summed E-state index contributed by atoms with van der Waals surface area (Å²) in [7, 11) is 0. The van der Waals surface area contributed by atoms with Crippen molar-refractivity contribution in [2.75, 3.05) is 6.54 Å². The van der Waals surface area contributed by atoms with E-state index in [4.69, 9.17) is 0 Å². The highest BCUT2D eigenvalue weighted by molar-refractivity contribution is 8.18. The molecule has 7 nitrogen and oxygen atoms in total. The van der Waals surface area contributed by atoms with Crippen LogP contribution in [0.1, 0.15) is 23.0 Å². The van der Waals surface area contributed by atoms with Crippen molar-refractivity contribution in [3.05, 3.63) is 58.8 Å². The summed E-state index contributed by atoms with van der Waals surface area (Å²) in [4.78, 5) is 34.4. The molecule has 1 aromatic heterocycles. The number of thioether (sulfide) groups is 1. The number of hydrogen-bond donors (Lipinski definition) is 2. The third kappa shape index (κ3) is 3.60. The van der Waals surface area contributed by atoms with Gasteiger partial charge in [0.25, 0.3) is 5.91 Å². The van der Waals surface area contributed by atoms with Crippen LogP contribution in [0, 0.1) is 0 Å².